The van der Waals surface area contributed by atoms with Crippen molar-refractivity contribution in [1.29, 1.82) is 0 Å². The number of nitrogens with zero attached hydrogens (tertiary/aromatic N) is 4. The predicted octanol–water partition coefficient (Wildman–Crippen LogP) is 3.47. The van der Waals surface area contributed by atoms with Crippen molar-refractivity contribution in [3.63, 3.8) is 0 Å². The fraction of sp³-hybridized carbons (Fsp3) is 0.316. The number of hydrogen-bond acceptors (Lipinski definition) is 4. The zero-order chi connectivity index (χ0) is 18.4. The molecule has 0 amide bonds. The highest BCUT2D eigenvalue weighted by molar-refractivity contribution is 14.0. The maximum absolute atomic E-state index is 4.57. The molecule has 0 atom stereocenters. The van der Waals surface area contributed by atoms with E-state index in [1.807, 2.05) is 16.9 Å². The molecular formula is C19H25IN6S. The van der Waals surface area contributed by atoms with Crippen LogP contribution in [0.5, 0.6) is 0 Å². The average molecular weight is 496 g/mol. The number of rotatable bonds is 6. The maximum Gasteiger partial charge on any atom is 0.191 e. The van der Waals surface area contributed by atoms with Crippen LogP contribution in [-0.2, 0) is 13.0 Å². The molecule has 0 unspecified atom stereocenters. The van der Waals surface area contributed by atoms with Crippen LogP contribution < -0.4 is 10.6 Å². The van der Waals surface area contributed by atoms with Crippen LogP contribution in [0.15, 0.2) is 47.7 Å². The van der Waals surface area contributed by atoms with Crippen molar-refractivity contribution in [3.8, 4) is 5.69 Å². The second-order valence-electron chi connectivity index (χ2n) is 5.97. The molecule has 0 aliphatic heterocycles. The molecule has 0 fully saturated rings. The van der Waals surface area contributed by atoms with Gasteiger partial charge in [-0.25, -0.2) is 9.67 Å². The van der Waals surface area contributed by atoms with Crippen LogP contribution in [0.1, 0.15) is 21.1 Å². The van der Waals surface area contributed by atoms with Gasteiger partial charge < -0.3 is 10.6 Å². The van der Waals surface area contributed by atoms with Crippen molar-refractivity contribution in [3.05, 3.63) is 63.9 Å². The Morgan fingerprint density at radius 2 is 1.96 bits per heavy atom. The van der Waals surface area contributed by atoms with Gasteiger partial charge in [-0.05, 0) is 37.6 Å². The summed E-state index contributed by atoms with van der Waals surface area (Å²) in [6, 6.07) is 10.2. The van der Waals surface area contributed by atoms with Gasteiger partial charge in [0.2, 0.25) is 0 Å². The third kappa shape index (κ3) is 6.03. The summed E-state index contributed by atoms with van der Waals surface area (Å²) in [6.07, 6.45) is 4.61. The summed E-state index contributed by atoms with van der Waals surface area (Å²) >= 11 is 1.77. The smallest absolute Gasteiger partial charge is 0.191 e. The number of thiazole rings is 1. The number of hydrogen-bond donors (Lipinski definition) is 2. The van der Waals surface area contributed by atoms with Gasteiger partial charge in [0.25, 0.3) is 0 Å². The molecule has 3 aromatic rings. The van der Waals surface area contributed by atoms with E-state index >= 15 is 0 Å². The van der Waals surface area contributed by atoms with Crippen LogP contribution in [0.2, 0.25) is 0 Å². The summed E-state index contributed by atoms with van der Waals surface area (Å²) < 4.78 is 1.85. The van der Waals surface area contributed by atoms with Crippen LogP contribution in [0.25, 0.3) is 5.69 Å². The van der Waals surface area contributed by atoms with E-state index in [9.17, 15) is 0 Å². The standard InChI is InChI=1S/C19H24N6S.HI/c1-14-15(2)26-18(24-14)9-11-21-19(20-3)22-13-16-5-7-17(8-6-16)25-12-4-10-23-25;/h4-8,10,12H,9,11,13H2,1-3H3,(H2,20,21,22);1H. The number of nitrogens with one attached hydrogen (secondary N) is 2. The van der Waals surface area contributed by atoms with Gasteiger partial charge >= 0.3 is 0 Å². The fourth-order valence-electron chi connectivity index (χ4n) is 2.53. The Kier molecular flexibility index (Phi) is 8.23. The van der Waals surface area contributed by atoms with Crippen LogP contribution >= 0.6 is 35.3 Å². The number of halogens is 1. The van der Waals surface area contributed by atoms with E-state index in [4.69, 9.17) is 0 Å². The van der Waals surface area contributed by atoms with Gasteiger partial charge in [0.1, 0.15) is 0 Å². The highest BCUT2D eigenvalue weighted by atomic mass is 127. The lowest BCUT2D eigenvalue weighted by atomic mass is 10.2. The Labute approximate surface area is 181 Å². The molecular weight excluding hydrogens is 471 g/mol. The van der Waals surface area contributed by atoms with E-state index in [1.165, 1.54) is 10.4 Å². The molecule has 2 aromatic heterocycles. The zero-order valence-corrected chi connectivity index (χ0v) is 18.9. The lowest BCUT2D eigenvalue weighted by Gasteiger charge is -2.12. The first-order valence-electron chi connectivity index (χ1n) is 8.62. The van der Waals surface area contributed by atoms with Gasteiger partial charge in [-0.3, -0.25) is 4.99 Å². The maximum atomic E-state index is 4.57. The molecule has 0 spiro atoms. The molecule has 144 valence electrons. The first kappa shape index (κ1) is 21.4. The van der Waals surface area contributed by atoms with Crippen molar-refractivity contribution in [2.45, 2.75) is 26.8 Å². The van der Waals surface area contributed by atoms with Gasteiger partial charge in [0.05, 0.1) is 16.4 Å². The van der Waals surface area contributed by atoms with E-state index in [2.05, 4.69) is 63.8 Å². The Bertz CT molecular complexity index is 835. The summed E-state index contributed by atoms with van der Waals surface area (Å²) in [5, 5.41) is 12.1. The second kappa shape index (κ2) is 10.4. The highest BCUT2D eigenvalue weighted by Crippen LogP contribution is 2.16. The molecule has 27 heavy (non-hydrogen) atoms. The lowest BCUT2D eigenvalue weighted by Crippen LogP contribution is -2.37. The topological polar surface area (TPSA) is 67.1 Å². The molecule has 8 heteroatoms. The Balaban J connectivity index is 0.00000261. The third-order valence-corrected chi connectivity index (χ3v) is 5.23. The zero-order valence-electron chi connectivity index (χ0n) is 15.8. The van der Waals surface area contributed by atoms with Gasteiger partial charge in [0, 0.05) is 43.8 Å². The van der Waals surface area contributed by atoms with Gasteiger partial charge in [0.15, 0.2) is 5.96 Å². The number of aliphatic imine (C=N–C) groups is 1. The third-order valence-electron chi connectivity index (χ3n) is 4.09. The molecule has 3 rings (SSSR count). The van der Waals surface area contributed by atoms with Gasteiger partial charge in [-0.2, -0.15) is 5.10 Å². The minimum absolute atomic E-state index is 0. The average Bonchev–Trinajstić information content (AvgIpc) is 3.29. The van der Waals surface area contributed by atoms with Crippen LogP contribution in [-0.4, -0.2) is 34.3 Å². The minimum Gasteiger partial charge on any atom is -0.356 e. The van der Waals surface area contributed by atoms with Crippen molar-refractivity contribution in [1.82, 2.24) is 25.4 Å². The normalized spacial score (nSPS) is 11.1. The quantitative estimate of drug-likeness (QED) is 0.312. The Morgan fingerprint density at radius 3 is 2.56 bits per heavy atom. The molecule has 0 aliphatic rings. The number of benzene rings is 1. The Hall–Kier alpha value is -1.94. The van der Waals surface area contributed by atoms with E-state index in [-0.39, 0.29) is 24.0 Å². The molecule has 2 heterocycles. The fourth-order valence-corrected chi connectivity index (χ4v) is 3.46. The second-order valence-corrected chi connectivity index (χ2v) is 7.26. The predicted molar refractivity (Wildman–Crippen MR) is 122 cm³/mol. The first-order valence-corrected chi connectivity index (χ1v) is 9.44. The minimum atomic E-state index is 0. The molecule has 0 bridgehead atoms. The van der Waals surface area contributed by atoms with E-state index in [0.717, 1.165) is 35.3 Å². The highest BCUT2D eigenvalue weighted by Gasteiger charge is 2.04. The van der Waals surface area contributed by atoms with Crippen molar-refractivity contribution < 1.29 is 0 Å². The summed E-state index contributed by atoms with van der Waals surface area (Å²) in [5.41, 5.74) is 3.37. The molecule has 0 radical (unpaired) electrons. The van der Waals surface area contributed by atoms with Gasteiger partial charge in [-0.1, -0.05) is 12.1 Å². The SMILES string of the molecule is CN=C(NCCc1nc(C)c(C)s1)NCc1ccc(-n2cccn2)cc1.I. The monoisotopic (exact) mass is 496 g/mol. The Morgan fingerprint density at radius 1 is 1.19 bits per heavy atom. The van der Waals surface area contributed by atoms with Crippen LogP contribution in [0.3, 0.4) is 0 Å². The molecule has 6 nitrogen and oxygen atoms in total. The lowest BCUT2D eigenvalue weighted by molar-refractivity contribution is 0.790. The molecule has 0 saturated heterocycles. The number of guanidine groups is 1. The largest absolute Gasteiger partial charge is 0.356 e. The van der Waals surface area contributed by atoms with E-state index < -0.39 is 0 Å². The summed E-state index contributed by atoms with van der Waals surface area (Å²) in [6.45, 7) is 5.70. The van der Waals surface area contributed by atoms with Crippen molar-refractivity contribution >= 4 is 41.3 Å². The van der Waals surface area contributed by atoms with Crippen molar-refractivity contribution in [2.24, 2.45) is 4.99 Å². The van der Waals surface area contributed by atoms with Crippen molar-refractivity contribution in [2.75, 3.05) is 13.6 Å². The number of aromatic nitrogens is 3. The summed E-state index contributed by atoms with van der Waals surface area (Å²) in [5.74, 6) is 0.797. The molecule has 2 N–H and O–H groups in total. The molecule has 1 aromatic carbocycles. The molecule has 0 saturated carbocycles. The van der Waals surface area contributed by atoms with E-state index in [0.29, 0.717) is 6.54 Å². The van der Waals surface area contributed by atoms with Crippen LogP contribution in [0.4, 0.5) is 0 Å². The number of aryl methyl sites for hydroxylation is 2. The summed E-state index contributed by atoms with van der Waals surface area (Å²) in [4.78, 5) is 10.1. The van der Waals surface area contributed by atoms with E-state index in [1.54, 1.807) is 24.6 Å². The summed E-state index contributed by atoms with van der Waals surface area (Å²) in [7, 11) is 1.79. The van der Waals surface area contributed by atoms with Gasteiger partial charge in [-0.15, -0.1) is 35.3 Å². The first-order chi connectivity index (χ1) is 12.7. The van der Waals surface area contributed by atoms with Crippen LogP contribution in [0, 0.1) is 13.8 Å². The molecule has 0 aliphatic carbocycles.